The van der Waals surface area contributed by atoms with E-state index in [4.69, 9.17) is 11.6 Å². The first-order chi connectivity index (χ1) is 12.7. The fraction of sp³-hybridized carbons (Fsp3) is 0.316. The number of carbonyl (C=O) groups is 1. The fourth-order valence-electron chi connectivity index (χ4n) is 3.40. The molecule has 0 saturated heterocycles. The van der Waals surface area contributed by atoms with Crippen molar-refractivity contribution in [3.63, 3.8) is 0 Å². The van der Waals surface area contributed by atoms with Crippen LogP contribution < -0.4 is 9.62 Å². The van der Waals surface area contributed by atoms with Crippen LogP contribution in [0, 0.1) is 0 Å². The molecular formula is C19H20BrClN2O3S. The quantitative estimate of drug-likeness (QED) is 0.719. The molecule has 0 radical (unpaired) electrons. The molecule has 27 heavy (non-hydrogen) atoms. The predicted octanol–water partition coefficient (Wildman–Crippen LogP) is 3.92. The van der Waals surface area contributed by atoms with Crippen LogP contribution in [-0.2, 0) is 27.7 Å². The number of sulfonamides is 1. The second-order valence-electron chi connectivity index (χ2n) is 6.59. The Labute approximate surface area is 172 Å². The Bertz CT molecular complexity index is 994. The molecule has 1 amide bonds. The highest BCUT2D eigenvalue weighted by atomic mass is 79.9. The molecule has 2 aromatic rings. The molecule has 3 rings (SSSR count). The van der Waals surface area contributed by atoms with Gasteiger partial charge in [0.2, 0.25) is 15.9 Å². The zero-order chi connectivity index (χ0) is 19.8. The Hall–Kier alpha value is -1.41. The number of anilines is 1. The van der Waals surface area contributed by atoms with Gasteiger partial charge < -0.3 is 4.90 Å². The van der Waals surface area contributed by atoms with E-state index < -0.39 is 10.0 Å². The molecule has 0 fully saturated rings. The van der Waals surface area contributed by atoms with Crippen molar-refractivity contribution in [3.8, 4) is 0 Å². The molecule has 1 aliphatic rings. The van der Waals surface area contributed by atoms with Gasteiger partial charge >= 0.3 is 0 Å². The van der Waals surface area contributed by atoms with Crippen LogP contribution in [0.1, 0.15) is 25.0 Å². The van der Waals surface area contributed by atoms with Crippen LogP contribution in [0.5, 0.6) is 0 Å². The molecule has 1 atom stereocenters. The van der Waals surface area contributed by atoms with Crippen molar-refractivity contribution in [2.24, 2.45) is 0 Å². The first-order valence-electron chi connectivity index (χ1n) is 8.56. The number of carbonyl (C=O) groups excluding carboxylic acids is 1. The van der Waals surface area contributed by atoms with Gasteiger partial charge in [-0.15, -0.1) is 0 Å². The highest BCUT2D eigenvalue weighted by Crippen LogP contribution is 2.37. The zero-order valence-corrected chi connectivity index (χ0v) is 18.2. The molecule has 8 heteroatoms. The van der Waals surface area contributed by atoms with Crippen molar-refractivity contribution in [2.45, 2.75) is 37.6 Å². The Morgan fingerprint density at radius 3 is 2.70 bits per heavy atom. The minimum absolute atomic E-state index is 0.00976. The summed E-state index contributed by atoms with van der Waals surface area (Å²) in [5.41, 5.74) is 2.50. The second-order valence-corrected chi connectivity index (χ2v) is 9.59. The van der Waals surface area contributed by atoms with E-state index in [1.165, 1.54) is 6.92 Å². The van der Waals surface area contributed by atoms with Crippen molar-refractivity contribution < 1.29 is 13.2 Å². The Kier molecular flexibility index (Phi) is 5.96. The first-order valence-corrected chi connectivity index (χ1v) is 11.2. The van der Waals surface area contributed by atoms with Gasteiger partial charge in [0.05, 0.1) is 4.90 Å². The molecule has 0 aromatic heterocycles. The van der Waals surface area contributed by atoms with Crippen molar-refractivity contribution in [1.29, 1.82) is 0 Å². The predicted molar refractivity (Wildman–Crippen MR) is 111 cm³/mol. The standard InChI is InChI=1S/C19H20BrClN2O3S/c1-12-9-15-10-16(20)19(11-18(15)23(12)13(2)24)27(25,26)22-8-7-14-5-3-4-6-17(14)21/h3-6,10-12,22H,7-9H2,1-2H3/t12-/m0/s1. The maximum atomic E-state index is 12.8. The smallest absolute Gasteiger partial charge is 0.241 e. The minimum Gasteiger partial charge on any atom is -0.309 e. The van der Waals surface area contributed by atoms with E-state index in [0.717, 1.165) is 11.1 Å². The Morgan fingerprint density at radius 1 is 1.33 bits per heavy atom. The van der Waals surface area contributed by atoms with Crippen LogP contribution >= 0.6 is 27.5 Å². The average molecular weight is 472 g/mol. The van der Waals surface area contributed by atoms with Crippen molar-refractivity contribution in [2.75, 3.05) is 11.4 Å². The van der Waals surface area contributed by atoms with E-state index in [-0.39, 0.29) is 23.4 Å². The van der Waals surface area contributed by atoms with E-state index in [9.17, 15) is 13.2 Å². The number of nitrogens with one attached hydrogen (secondary N) is 1. The van der Waals surface area contributed by atoms with E-state index in [2.05, 4.69) is 20.7 Å². The van der Waals surface area contributed by atoms with E-state index in [1.807, 2.05) is 25.1 Å². The van der Waals surface area contributed by atoms with E-state index >= 15 is 0 Å². The molecule has 0 saturated carbocycles. The maximum Gasteiger partial charge on any atom is 0.241 e. The van der Waals surface area contributed by atoms with Gasteiger partial charge in [0.25, 0.3) is 0 Å². The lowest BCUT2D eigenvalue weighted by molar-refractivity contribution is -0.116. The van der Waals surface area contributed by atoms with Crippen molar-refractivity contribution >= 4 is 49.1 Å². The molecule has 0 spiro atoms. The molecule has 5 nitrogen and oxygen atoms in total. The van der Waals surface area contributed by atoms with Crippen LogP contribution in [0.25, 0.3) is 0 Å². The van der Waals surface area contributed by atoms with Crippen LogP contribution in [0.3, 0.4) is 0 Å². The molecule has 0 unspecified atom stereocenters. The zero-order valence-electron chi connectivity index (χ0n) is 15.0. The highest BCUT2D eigenvalue weighted by molar-refractivity contribution is 9.10. The normalized spacial score (nSPS) is 16.4. The Morgan fingerprint density at radius 2 is 2.04 bits per heavy atom. The van der Waals surface area contributed by atoms with E-state index in [1.54, 1.807) is 23.1 Å². The van der Waals surface area contributed by atoms with Gasteiger partial charge in [-0.05, 0) is 65.0 Å². The number of amides is 1. The summed E-state index contributed by atoms with van der Waals surface area (Å²) in [6.07, 6.45) is 1.19. The lowest BCUT2D eigenvalue weighted by atomic mass is 10.1. The number of rotatable bonds is 5. The summed E-state index contributed by atoms with van der Waals surface area (Å²) < 4.78 is 28.7. The second kappa shape index (κ2) is 7.91. The third-order valence-electron chi connectivity index (χ3n) is 4.62. The summed E-state index contributed by atoms with van der Waals surface area (Å²) in [4.78, 5) is 13.7. The molecule has 1 aliphatic heterocycles. The van der Waals surface area contributed by atoms with Crippen molar-refractivity contribution in [1.82, 2.24) is 4.72 Å². The summed E-state index contributed by atoms with van der Waals surface area (Å²) in [5.74, 6) is -0.0985. The molecule has 2 aromatic carbocycles. The molecule has 0 aliphatic carbocycles. The summed E-state index contributed by atoms with van der Waals surface area (Å²) in [7, 11) is -3.74. The molecule has 1 heterocycles. The summed E-state index contributed by atoms with van der Waals surface area (Å²) >= 11 is 9.48. The number of benzene rings is 2. The Balaban J connectivity index is 1.83. The van der Waals surface area contributed by atoms with Gasteiger partial charge in [0.15, 0.2) is 0 Å². The summed E-state index contributed by atoms with van der Waals surface area (Å²) in [6, 6.07) is 10.7. The lowest BCUT2D eigenvalue weighted by Gasteiger charge is -2.21. The number of hydrogen-bond acceptors (Lipinski definition) is 3. The van der Waals surface area contributed by atoms with Gasteiger partial charge in [-0.2, -0.15) is 0 Å². The molecular weight excluding hydrogens is 452 g/mol. The van der Waals surface area contributed by atoms with Gasteiger partial charge in [0, 0.05) is 34.7 Å². The maximum absolute atomic E-state index is 12.8. The number of nitrogens with zero attached hydrogens (tertiary/aromatic N) is 1. The monoisotopic (exact) mass is 470 g/mol. The molecule has 1 N–H and O–H groups in total. The third kappa shape index (κ3) is 4.21. The fourth-order valence-corrected chi connectivity index (χ4v) is 5.77. The lowest BCUT2D eigenvalue weighted by Crippen LogP contribution is -2.33. The van der Waals surface area contributed by atoms with Gasteiger partial charge in [-0.1, -0.05) is 29.8 Å². The first kappa shape index (κ1) is 20.3. The summed E-state index contributed by atoms with van der Waals surface area (Å²) in [6.45, 7) is 3.66. The minimum atomic E-state index is -3.74. The van der Waals surface area contributed by atoms with Crippen LogP contribution in [0.4, 0.5) is 5.69 Å². The van der Waals surface area contributed by atoms with Crippen LogP contribution in [0.15, 0.2) is 45.8 Å². The number of fused-ring (bicyclic) bond motifs is 1. The third-order valence-corrected chi connectivity index (χ3v) is 7.41. The van der Waals surface area contributed by atoms with Crippen LogP contribution in [0.2, 0.25) is 5.02 Å². The number of halogens is 2. The van der Waals surface area contributed by atoms with E-state index in [0.29, 0.717) is 28.0 Å². The van der Waals surface area contributed by atoms with Gasteiger partial charge in [0.1, 0.15) is 0 Å². The SMILES string of the molecule is CC(=O)N1c2cc(S(=O)(=O)NCCc3ccccc3Cl)c(Br)cc2C[C@@H]1C. The molecule has 144 valence electrons. The average Bonchev–Trinajstić information content (AvgIpc) is 2.90. The van der Waals surface area contributed by atoms with Crippen molar-refractivity contribution in [3.05, 3.63) is 57.0 Å². The van der Waals surface area contributed by atoms with Crippen LogP contribution in [-0.4, -0.2) is 26.9 Å². The van der Waals surface area contributed by atoms with Gasteiger partial charge in [-0.3, -0.25) is 4.79 Å². The number of hydrogen-bond donors (Lipinski definition) is 1. The summed E-state index contributed by atoms with van der Waals surface area (Å²) in [5, 5.41) is 0.612. The largest absolute Gasteiger partial charge is 0.309 e. The highest BCUT2D eigenvalue weighted by Gasteiger charge is 2.31. The van der Waals surface area contributed by atoms with Gasteiger partial charge in [-0.25, -0.2) is 13.1 Å². The molecule has 0 bridgehead atoms. The topological polar surface area (TPSA) is 66.5 Å².